The van der Waals surface area contributed by atoms with Crippen molar-refractivity contribution in [2.45, 2.75) is 39.8 Å². The van der Waals surface area contributed by atoms with Crippen molar-refractivity contribution in [2.24, 2.45) is 0 Å². The van der Waals surface area contributed by atoms with Crippen molar-refractivity contribution in [1.29, 1.82) is 0 Å². The van der Waals surface area contributed by atoms with Crippen LogP contribution in [0.2, 0.25) is 0 Å². The quantitative estimate of drug-likeness (QED) is 0.533. The molecule has 0 unspecified atom stereocenters. The Labute approximate surface area is 196 Å². The van der Waals surface area contributed by atoms with Crippen LogP contribution >= 0.6 is 0 Å². The largest absolute Gasteiger partial charge is 0.483 e. The van der Waals surface area contributed by atoms with Crippen LogP contribution in [0.5, 0.6) is 5.75 Å². The molecule has 0 radical (unpaired) electrons. The number of likely N-dealkylation sites (N-methyl/N-ethyl adjacent to an activating group) is 1. The van der Waals surface area contributed by atoms with Gasteiger partial charge in [-0.1, -0.05) is 72.3 Å². The van der Waals surface area contributed by atoms with Crippen LogP contribution in [0.3, 0.4) is 0 Å². The highest BCUT2D eigenvalue weighted by Gasteiger charge is 2.30. The fraction of sp³-hybridized carbons (Fsp3) is 0.286. The van der Waals surface area contributed by atoms with E-state index in [2.05, 4.69) is 5.32 Å². The molecule has 0 fully saturated rings. The van der Waals surface area contributed by atoms with E-state index in [4.69, 9.17) is 4.74 Å². The summed E-state index contributed by atoms with van der Waals surface area (Å²) >= 11 is 0. The Morgan fingerprint density at radius 1 is 0.909 bits per heavy atom. The lowest BCUT2D eigenvalue weighted by Gasteiger charge is -2.31. The summed E-state index contributed by atoms with van der Waals surface area (Å²) in [5.41, 5.74) is 5.17. The van der Waals surface area contributed by atoms with Crippen LogP contribution in [-0.4, -0.2) is 36.4 Å². The smallest absolute Gasteiger partial charge is 0.261 e. The molecular formula is C28H32N2O3. The monoisotopic (exact) mass is 444 g/mol. The second kappa shape index (κ2) is 11.3. The lowest BCUT2D eigenvalue weighted by atomic mass is 10.0. The van der Waals surface area contributed by atoms with E-state index in [-0.39, 0.29) is 18.4 Å². The molecule has 3 rings (SSSR count). The van der Waals surface area contributed by atoms with Gasteiger partial charge in [0.25, 0.3) is 5.91 Å². The first-order valence-corrected chi connectivity index (χ1v) is 11.2. The topological polar surface area (TPSA) is 58.6 Å². The SMILES string of the molecule is CNC(=O)[C@@H](Cc1ccccc1)N(Cc1cccc(C)c1)C(=O)COc1cccc(C)c1C. The first-order valence-electron chi connectivity index (χ1n) is 11.2. The van der Waals surface area contributed by atoms with Gasteiger partial charge in [0.15, 0.2) is 6.61 Å². The molecule has 0 aliphatic carbocycles. The Morgan fingerprint density at radius 3 is 2.30 bits per heavy atom. The maximum atomic E-state index is 13.5. The van der Waals surface area contributed by atoms with Gasteiger partial charge in [-0.25, -0.2) is 0 Å². The van der Waals surface area contributed by atoms with Gasteiger partial charge in [0.05, 0.1) is 0 Å². The molecule has 172 valence electrons. The Kier molecular flexibility index (Phi) is 8.25. The third-order valence-electron chi connectivity index (χ3n) is 5.86. The van der Waals surface area contributed by atoms with Crippen molar-refractivity contribution in [3.05, 3.63) is 101 Å². The number of carbonyl (C=O) groups excluding carboxylic acids is 2. The van der Waals surface area contributed by atoms with Gasteiger partial charge >= 0.3 is 0 Å². The molecule has 5 nitrogen and oxygen atoms in total. The van der Waals surface area contributed by atoms with E-state index < -0.39 is 6.04 Å². The van der Waals surface area contributed by atoms with Crippen LogP contribution in [0.15, 0.2) is 72.8 Å². The molecule has 0 aliphatic heterocycles. The van der Waals surface area contributed by atoms with E-state index >= 15 is 0 Å². The number of hydrogen-bond donors (Lipinski definition) is 1. The van der Waals surface area contributed by atoms with E-state index in [1.807, 2.05) is 93.6 Å². The van der Waals surface area contributed by atoms with Crippen molar-refractivity contribution in [1.82, 2.24) is 10.2 Å². The summed E-state index contributed by atoms with van der Waals surface area (Å²) in [7, 11) is 1.60. The normalized spacial score (nSPS) is 11.5. The van der Waals surface area contributed by atoms with Gasteiger partial charge in [-0.05, 0) is 49.1 Å². The van der Waals surface area contributed by atoms with Gasteiger partial charge in [-0.2, -0.15) is 0 Å². The van der Waals surface area contributed by atoms with Crippen LogP contribution in [0.4, 0.5) is 0 Å². The number of rotatable bonds is 9. The Bertz CT molecular complexity index is 1100. The van der Waals surface area contributed by atoms with Crippen LogP contribution < -0.4 is 10.1 Å². The van der Waals surface area contributed by atoms with Gasteiger partial charge in [0, 0.05) is 20.0 Å². The molecule has 33 heavy (non-hydrogen) atoms. The molecule has 1 N–H and O–H groups in total. The summed E-state index contributed by atoms with van der Waals surface area (Å²) < 4.78 is 5.91. The second-order valence-electron chi connectivity index (χ2n) is 8.32. The molecule has 5 heteroatoms. The number of ether oxygens (including phenoxy) is 1. The molecular weight excluding hydrogens is 412 g/mol. The molecule has 0 heterocycles. The number of nitrogens with zero attached hydrogens (tertiary/aromatic N) is 1. The highest BCUT2D eigenvalue weighted by Crippen LogP contribution is 2.21. The third kappa shape index (κ3) is 6.45. The first-order chi connectivity index (χ1) is 15.9. The molecule has 3 aromatic carbocycles. The maximum absolute atomic E-state index is 13.5. The Morgan fingerprint density at radius 2 is 1.61 bits per heavy atom. The zero-order valence-corrected chi connectivity index (χ0v) is 19.8. The summed E-state index contributed by atoms with van der Waals surface area (Å²) in [6, 6.07) is 22.9. The maximum Gasteiger partial charge on any atom is 0.261 e. The minimum atomic E-state index is -0.660. The lowest BCUT2D eigenvalue weighted by molar-refractivity contribution is -0.142. The van der Waals surface area contributed by atoms with Gasteiger partial charge in [0.1, 0.15) is 11.8 Å². The van der Waals surface area contributed by atoms with Gasteiger partial charge < -0.3 is 15.0 Å². The summed E-state index contributed by atoms with van der Waals surface area (Å²) in [6.45, 7) is 6.18. The van der Waals surface area contributed by atoms with Gasteiger partial charge in [-0.15, -0.1) is 0 Å². The Balaban J connectivity index is 1.89. The Hall–Kier alpha value is -3.60. The predicted molar refractivity (Wildman–Crippen MR) is 131 cm³/mol. The second-order valence-corrected chi connectivity index (χ2v) is 8.32. The zero-order valence-electron chi connectivity index (χ0n) is 19.8. The standard InChI is InChI=1S/C28H32N2O3/c1-20-10-8-14-24(16-20)18-30(25(28(32)29-4)17-23-12-6-5-7-13-23)27(31)19-33-26-15-9-11-21(2)22(26)3/h5-16,25H,17-19H2,1-4H3,(H,29,32)/t25-/m1/s1. The number of carbonyl (C=O) groups is 2. The van der Waals surface area contributed by atoms with Crippen LogP contribution in [0.1, 0.15) is 27.8 Å². The number of aryl methyl sites for hydroxylation is 2. The van der Waals surface area contributed by atoms with Crippen molar-refractivity contribution >= 4 is 11.8 Å². The summed E-state index contributed by atoms with van der Waals surface area (Å²) in [4.78, 5) is 28.1. The molecule has 0 saturated heterocycles. The van der Waals surface area contributed by atoms with Crippen molar-refractivity contribution < 1.29 is 14.3 Å². The van der Waals surface area contributed by atoms with Gasteiger partial charge in [-0.3, -0.25) is 9.59 Å². The molecule has 0 aliphatic rings. The van der Waals surface area contributed by atoms with Crippen LogP contribution in [0.25, 0.3) is 0 Å². The zero-order chi connectivity index (χ0) is 23.8. The number of nitrogens with one attached hydrogen (secondary N) is 1. The van der Waals surface area contributed by atoms with Crippen molar-refractivity contribution in [3.8, 4) is 5.75 Å². The molecule has 3 aromatic rings. The lowest BCUT2D eigenvalue weighted by Crippen LogP contribution is -2.51. The highest BCUT2D eigenvalue weighted by molar-refractivity contribution is 5.88. The fourth-order valence-electron chi connectivity index (χ4n) is 3.83. The average Bonchev–Trinajstić information content (AvgIpc) is 2.82. The molecule has 1 atom stereocenters. The minimum absolute atomic E-state index is 0.140. The number of benzene rings is 3. The van der Waals surface area contributed by atoms with Crippen molar-refractivity contribution in [2.75, 3.05) is 13.7 Å². The summed E-state index contributed by atoms with van der Waals surface area (Å²) in [5.74, 6) is 0.243. The summed E-state index contributed by atoms with van der Waals surface area (Å²) in [6.07, 6.45) is 0.418. The van der Waals surface area contributed by atoms with E-state index in [1.54, 1.807) is 11.9 Å². The van der Waals surface area contributed by atoms with E-state index in [0.717, 1.165) is 27.8 Å². The predicted octanol–water partition coefficient (Wildman–Crippen LogP) is 4.38. The fourth-order valence-corrected chi connectivity index (χ4v) is 3.83. The molecule has 0 bridgehead atoms. The number of hydrogen-bond acceptors (Lipinski definition) is 3. The number of amides is 2. The molecule has 0 spiro atoms. The van der Waals surface area contributed by atoms with Crippen LogP contribution in [-0.2, 0) is 22.6 Å². The third-order valence-corrected chi connectivity index (χ3v) is 5.86. The molecule has 0 aromatic heterocycles. The average molecular weight is 445 g/mol. The first kappa shape index (κ1) is 24.1. The van der Waals surface area contributed by atoms with Gasteiger partial charge in [0.2, 0.25) is 5.91 Å². The van der Waals surface area contributed by atoms with Crippen LogP contribution in [0, 0.1) is 20.8 Å². The van der Waals surface area contributed by atoms with E-state index in [0.29, 0.717) is 18.7 Å². The minimum Gasteiger partial charge on any atom is -0.483 e. The van der Waals surface area contributed by atoms with Crippen molar-refractivity contribution in [3.63, 3.8) is 0 Å². The van der Waals surface area contributed by atoms with E-state index in [1.165, 1.54) is 0 Å². The molecule has 2 amide bonds. The molecule has 0 saturated carbocycles. The summed E-state index contributed by atoms with van der Waals surface area (Å²) in [5, 5.41) is 2.73. The van der Waals surface area contributed by atoms with E-state index in [9.17, 15) is 9.59 Å². The highest BCUT2D eigenvalue weighted by atomic mass is 16.5.